The Morgan fingerprint density at radius 2 is 1.65 bits per heavy atom. The first-order valence-corrected chi connectivity index (χ1v) is 9.94. The van der Waals surface area contributed by atoms with Gasteiger partial charge in [-0.15, -0.1) is 0 Å². The number of carbonyl (C=O) groups excluding carboxylic acids is 2. The van der Waals surface area contributed by atoms with Gasteiger partial charge >= 0.3 is 12.1 Å². The second-order valence-corrected chi connectivity index (χ2v) is 11.8. The van der Waals surface area contributed by atoms with Crippen LogP contribution in [0.25, 0.3) is 0 Å². The lowest BCUT2D eigenvalue weighted by atomic mass is 10.2. The van der Waals surface area contributed by atoms with E-state index < -0.39 is 26.4 Å². The van der Waals surface area contributed by atoms with E-state index in [1.165, 1.54) is 0 Å². The van der Waals surface area contributed by atoms with Crippen LogP contribution in [0.1, 0.15) is 41.5 Å². The number of nitrogens with one attached hydrogen (secondary N) is 1. The number of alkyl carbamates (subject to hydrolysis) is 1. The van der Waals surface area contributed by atoms with E-state index >= 15 is 0 Å². The van der Waals surface area contributed by atoms with Gasteiger partial charge in [0.1, 0.15) is 6.04 Å². The monoisotopic (exact) mass is 303 g/mol. The number of carbonyl (C=O) groups is 2. The van der Waals surface area contributed by atoms with Crippen LogP contribution in [0.15, 0.2) is 0 Å². The van der Waals surface area contributed by atoms with Gasteiger partial charge in [0.05, 0.1) is 6.61 Å². The topological polar surface area (TPSA) is 64.6 Å². The minimum atomic E-state index is -2.16. The molecule has 1 atom stereocenters. The number of hydrogen-bond acceptors (Lipinski definition) is 4. The first kappa shape index (κ1) is 19.0. The number of ether oxygens (including phenoxy) is 1. The van der Waals surface area contributed by atoms with E-state index in [0.29, 0.717) is 6.61 Å². The third-order valence-electron chi connectivity index (χ3n) is 3.40. The highest BCUT2D eigenvalue weighted by Gasteiger charge is 2.41. The Kier molecular flexibility index (Phi) is 6.73. The molecule has 6 heteroatoms. The van der Waals surface area contributed by atoms with Crippen molar-refractivity contribution in [2.24, 2.45) is 5.92 Å². The summed E-state index contributed by atoms with van der Waals surface area (Å²) in [5, 5.41) is 2.44. The molecular formula is C14H29NO4Si. The van der Waals surface area contributed by atoms with Gasteiger partial charge in [0.25, 0.3) is 8.32 Å². The zero-order valence-corrected chi connectivity index (χ0v) is 15.0. The van der Waals surface area contributed by atoms with Crippen LogP contribution in [-0.4, -0.2) is 33.0 Å². The minimum Gasteiger partial charge on any atom is -0.518 e. The zero-order chi connectivity index (χ0) is 16.1. The summed E-state index contributed by atoms with van der Waals surface area (Å²) < 4.78 is 10.6. The minimum absolute atomic E-state index is 0.0550. The molecule has 0 heterocycles. The van der Waals surface area contributed by atoms with Gasteiger partial charge in [-0.2, -0.15) is 0 Å². The SMILES string of the molecule is CC(C)COC(=O)NC(C)C(=O)O[Si](C)(C)C(C)(C)C. The van der Waals surface area contributed by atoms with Gasteiger partial charge in [-0.1, -0.05) is 34.6 Å². The third-order valence-corrected chi connectivity index (χ3v) is 7.72. The summed E-state index contributed by atoms with van der Waals surface area (Å²) in [6.07, 6.45) is -0.585. The summed E-state index contributed by atoms with van der Waals surface area (Å²) in [5.41, 5.74) is 0. The van der Waals surface area contributed by atoms with Crippen molar-refractivity contribution in [2.45, 2.75) is 65.7 Å². The lowest BCUT2D eigenvalue weighted by molar-refractivity contribution is -0.137. The van der Waals surface area contributed by atoms with Crippen LogP contribution in [0.3, 0.4) is 0 Å². The molecule has 1 N–H and O–H groups in total. The van der Waals surface area contributed by atoms with Gasteiger partial charge in [0, 0.05) is 0 Å². The number of rotatable bonds is 5. The van der Waals surface area contributed by atoms with Crippen molar-refractivity contribution in [1.82, 2.24) is 5.32 Å². The summed E-state index contributed by atoms with van der Waals surface area (Å²) in [7, 11) is -2.16. The van der Waals surface area contributed by atoms with Crippen molar-refractivity contribution in [3.05, 3.63) is 0 Å². The van der Waals surface area contributed by atoms with Gasteiger partial charge in [0.2, 0.25) is 0 Å². The Bertz CT molecular complexity index is 348. The van der Waals surface area contributed by atoms with Crippen molar-refractivity contribution < 1.29 is 18.8 Å². The summed E-state index contributed by atoms with van der Waals surface area (Å²) in [5.74, 6) is -0.145. The molecule has 0 aromatic rings. The summed E-state index contributed by atoms with van der Waals surface area (Å²) in [6.45, 7) is 16.0. The van der Waals surface area contributed by atoms with E-state index in [-0.39, 0.29) is 11.0 Å². The van der Waals surface area contributed by atoms with Crippen molar-refractivity contribution in [1.29, 1.82) is 0 Å². The average molecular weight is 303 g/mol. The molecule has 0 spiro atoms. The molecule has 1 amide bonds. The molecule has 0 aliphatic carbocycles. The Balaban J connectivity index is 4.39. The van der Waals surface area contributed by atoms with Crippen molar-refractivity contribution >= 4 is 20.4 Å². The summed E-state index contributed by atoms with van der Waals surface area (Å²) in [4.78, 5) is 23.5. The normalized spacial score (nSPS) is 13.8. The zero-order valence-electron chi connectivity index (χ0n) is 14.0. The van der Waals surface area contributed by atoms with Crippen molar-refractivity contribution in [3.8, 4) is 0 Å². The average Bonchev–Trinajstić information content (AvgIpc) is 2.23. The molecule has 0 saturated carbocycles. The van der Waals surface area contributed by atoms with Crippen LogP contribution in [0.5, 0.6) is 0 Å². The predicted molar refractivity (Wildman–Crippen MR) is 82.1 cm³/mol. The molecule has 0 aliphatic heterocycles. The Hall–Kier alpha value is -1.04. The molecule has 0 aromatic heterocycles. The Morgan fingerprint density at radius 1 is 1.15 bits per heavy atom. The van der Waals surface area contributed by atoms with Crippen LogP contribution in [0.2, 0.25) is 18.1 Å². The summed E-state index contributed by atoms with van der Waals surface area (Å²) in [6, 6.07) is -0.705. The van der Waals surface area contributed by atoms with Gasteiger partial charge in [-0.25, -0.2) is 4.79 Å². The number of hydrogen-bond donors (Lipinski definition) is 1. The van der Waals surface area contributed by atoms with Crippen LogP contribution >= 0.6 is 0 Å². The van der Waals surface area contributed by atoms with E-state index in [0.717, 1.165) is 0 Å². The highest BCUT2D eigenvalue weighted by atomic mass is 28.4. The molecular weight excluding hydrogens is 274 g/mol. The first-order valence-electron chi connectivity index (χ1n) is 7.03. The fraction of sp³-hybridized carbons (Fsp3) is 0.857. The van der Waals surface area contributed by atoms with E-state index in [9.17, 15) is 9.59 Å². The fourth-order valence-electron chi connectivity index (χ4n) is 1.01. The van der Waals surface area contributed by atoms with E-state index in [1.54, 1.807) is 6.92 Å². The lowest BCUT2D eigenvalue weighted by Crippen LogP contribution is -2.48. The van der Waals surface area contributed by atoms with Crippen LogP contribution in [-0.2, 0) is 14.0 Å². The molecule has 1 unspecified atom stereocenters. The smallest absolute Gasteiger partial charge is 0.407 e. The molecule has 118 valence electrons. The molecule has 0 bridgehead atoms. The fourth-order valence-corrected chi connectivity index (χ4v) is 2.00. The second kappa shape index (κ2) is 7.11. The van der Waals surface area contributed by atoms with Gasteiger partial charge < -0.3 is 14.5 Å². The van der Waals surface area contributed by atoms with Gasteiger partial charge in [-0.3, -0.25) is 4.79 Å². The van der Waals surface area contributed by atoms with Crippen molar-refractivity contribution in [2.75, 3.05) is 6.61 Å². The molecule has 0 aliphatic rings. The maximum atomic E-state index is 12.0. The van der Waals surface area contributed by atoms with Crippen LogP contribution < -0.4 is 5.32 Å². The van der Waals surface area contributed by atoms with Crippen LogP contribution in [0, 0.1) is 5.92 Å². The number of amides is 1. The molecule has 0 rings (SSSR count). The maximum Gasteiger partial charge on any atom is 0.407 e. The molecule has 0 aromatic carbocycles. The highest BCUT2D eigenvalue weighted by Crippen LogP contribution is 2.36. The van der Waals surface area contributed by atoms with Gasteiger partial charge in [0.15, 0.2) is 0 Å². The van der Waals surface area contributed by atoms with E-state index in [4.69, 9.17) is 9.16 Å². The molecule has 5 nitrogen and oxygen atoms in total. The third kappa shape index (κ3) is 6.41. The quantitative estimate of drug-likeness (QED) is 0.791. The largest absolute Gasteiger partial charge is 0.518 e. The summed E-state index contributed by atoms with van der Waals surface area (Å²) >= 11 is 0. The van der Waals surface area contributed by atoms with Gasteiger partial charge in [-0.05, 0) is 31.0 Å². The maximum absolute atomic E-state index is 12.0. The van der Waals surface area contributed by atoms with Crippen LogP contribution in [0.4, 0.5) is 4.79 Å². The Labute approximate surface area is 123 Å². The predicted octanol–water partition coefficient (Wildman–Crippen LogP) is 3.31. The molecule has 0 saturated heterocycles. The van der Waals surface area contributed by atoms with E-state index in [2.05, 4.69) is 26.1 Å². The van der Waals surface area contributed by atoms with Crippen molar-refractivity contribution in [3.63, 3.8) is 0 Å². The molecule has 0 radical (unpaired) electrons. The van der Waals surface area contributed by atoms with E-state index in [1.807, 2.05) is 26.9 Å². The lowest BCUT2D eigenvalue weighted by Gasteiger charge is -2.36. The Morgan fingerprint density at radius 3 is 2.05 bits per heavy atom. The molecule has 20 heavy (non-hydrogen) atoms. The highest BCUT2D eigenvalue weighted by molar-refractivity contribution is 6.75. The standard InChI is InChI=1S/C14H29NO4Si/c1-10(2)9-18-13(17)15-11(3)12(16)19-20(7,8)14(4,5)6/h10-11H,9H2,1-8H3,(H,15,17). The second-order valence-electron chi connectivity index (χ2n) is 7.04. The molecule has 0 fully saturated rings. The first-order chi connectivity index (χ1) is 8.86.